The minimum absolute atomic E-state index is 0.158. The van der Waals surface area contributed by atoms with Crippen LogP contribution in [0, 0.1) is 13.8 Å². The van der Waals surface area contributed by atoms with Gasteiger partial charge in [0.25, 0.3) is 0 Å². The van der Waals surface area contributed by atoms with Crippen molar-refractivity contribution >= 4 is 0 Å². The molecular formula is C20H26N2O3. The molecule has 1 aromatic heterocycles. The van der Waals surface area contributed by atoms with Gasteiger partial charge in [-0.05, 0) is 44.2 Å². The van der Waals surface area contributed by atoms with Crippen molar-refractivity contribution < 1.29 is 14.0 Å². The molecule has 1 fully saturated rings. The third kappa shape index (κ3) is 3.64. The molecule has 5 heteroatoms. The minimum atomic E-state index is 0.158. The fourth-order valence-corrected chi connectivity index (χ4v) is 3.95. The van der Waals surface area contributed by atoms with E-state index in [1.54, 1.807) is 0 Å². The van der Waals surface area contributed by atoms with E-state index < -0.39 is 0 Å². The molecule has 0 bridgehead atoms. The zero-order valence-corrected chi connectivity index (χ0v) is 15.0. The van der Waals surface area contributed by atoms with Crippen LogP contribution in [0.1, 0.15) is 34.6 Å². The van der Waals surface area contributed by atoms with Gasteiger partial charge in [-0.2, -0.15) is 0 Å². The second-order valence-electron chi connectivity index (χ2n) is 7.16. The van der Waals surface area contributed by atoms with E-state index >= 15 is 0 Å². The second kappa shape index (κ2) is 7.28. The van der Waals surface area contributed by atoms with Crippen molar-refractivity contribution in [2.24, 2.45) is 0 Å². The quantitative estimate of drug-likeness (QED) is 0.905. The highest BCUT2D eigenvalue weighted by atomic mass is 16.5. The van der Waals surface area contributed by atoms with Crippen LogP contribution in [-0.4, -0.2) is 36.6 Å². The first-order valence-corrected chi connectivity index (χ1v) is 9.14. The van der Waals surface area contributed by atoms with E-state index in [1.807, 2.05) is 13.8 Å². The third-order valence-corrected chi connectivity index (χ3v) is 5.42. The van der Waals surface area contributed by atoms with E-state index in [-0.39, 0.29) is 12.1 Å². The summed E-state index contributed by atoms with van der Waals surface area (Å²) in [6.07, 6.45) is 3.25. The first kappa shape index (κ1) is 16.8. The Bertz CT molecular complexity index is 683. The normalized spacial score (nSPS) is 23.8. The Labute approximate surface area is 148 Å². The van der Waals surface area contributed by atoms with Crippen LogP contribution in [0.25, 0.3) is 0 Å². The van der Waals surface area contributed by atoms with Crippen LogP contribution in [0.2, 0.25) is 0 Å². The lowest BCUT2D eigenvalue weighted by Crippen LogP contribution is -2.52. The highest BCUT2D eigenvalue weighted by Crippen LogP contribution is 2.24. The maximum Gasteiger partial charge on any atom is 0.139 e. The van der Waals surface area contributed by atoms with Crippen molar-refractivity contribution in [3.63, 3.8) is 0 Å². The van der Waals surface area contributed by atoms with Gasteiger partial charge in [0.05, 0.1) is 31.1 Å². The Morgan fingerprint density at radius 3 is 2.64 bits per heavy atom. The van der Waals surface area contributed by atoms with Crippen molar-refractivity contribution in [3.8, 4) is 0 Å². The number of benzene rings is 1. The Morgan fingerprint density at radius 1 is 1.20 bits per heavy atom. The summed E-state index contributed by atoms with van der Waals surface area (Å²) < 4.78 is 17.2. The van der Waals surface area contributed by atoms with Gasteiger partial charge in [-0.15, -0.1) is 0 Å². The third-order valence-electron chi connectivity index (χ3n) is 5.42. The average molecular weight is 342 g/mol. The zero-order valence-electron chi connectivity index (χ0n) is 15.0. The maximum absolute atomic E-state index is 6.25. The van der Waals surface area contributed by atoms with Gasteiger partial charge in [0.15, 0.2) is 0 Å². The molecule has 2 atom stereocenters. The lowest BCUT2D eigenvalue weighted by Gasteiger charge is -2.34. The van der Waals surface area contributed by atoms with Crippen molar-refractivity contribution in [3.05, 3.63) is 52.4 Å². The molecule has 1 aliphatic heterocycles. The molecule has 2 aromatic rings. The number of ether oxygens (including phenoxy) is 2. The number of nitrogens with one attached hydrogen (secondary N) is 1. The predicted molar refractivity (Wildman–Crippen MR) is 94.6 cm³/mol. The number of nitrogens with zero attached hydrogens (tertiary/aromatic N) is 1. The number of hydrogen-bond acceptors (Lipinski definition) is 5. The molecule has 2 heterocycles. The van der Waals surface area contributed by atoms with Crippen LogP contribution in [0.4, 0.5) is 0 Å². The summed E-state index contributed by atoms with van der Waals surface area (Å²) in [4.78, 5) is 0. The summed E-state index contributed by atoms with van der Waals surface area (Å²) in [6, 6.07) is 9.42. The monoisotopic (exact) mass is 342 g/mol. The van der Waals surface area contributed by atoms with Crippen LogP contribution in [0.3, 0.4) is 0 Å². The number of fused-ring (bicyclic) bond motifs is 1. The summed E-state index contributed by atoms with van der Waals surface area (Å²) in [6.45, 7) is 5.92. The van der Waals surface area contributed by atoms with Crippen molar-refractivity contribution in [1.82, 2.24) is 10.5 Å². The van der Waals surface area contributed by atoms with E-state index in [9.17, 15) is 0 Å². The van der Waals surface area contributed by atoms with Gasteiger partial charge in [-0.25, -0.2) is 0 Å². The van der Waals surface area contributed by atoms with Crippen molar-refractivity contribution in [2.45, 2.75) is 57.9 Å². The smallest absolute Gasteiger partial charge is 0.139 e. The second-order valence-corrected chi connectivity index (χ2v) is 7.16. The van der Waals surface area contributed by atoms with Gasteiger partial charge in [0.2, 0.25) is 0 Å². The van der Waals surface area contributed by atoms with Crippen LogP contribution in [-0.2, 0) is 28.9 Å². The van der Waals surface area contributed by atoms with E-state index in [2.05, 4.69) is 34.7 Å². The number of aromatic nitrogens is 1. The van der Waals surface area contributed by atoms with Crippen LogP contribution >= 0.6 is 0 Å². The zero-order chi connectivity index (χ0) is 17.2. The van der Waals surface area contributed by atoms with Crippen LogP contribution in [0.15, 0.2) is 28.8 Å². The molecule has 25 heavy (non-hydrogen) atoms. The average Bonchev–Trinajstić information content (AvgIpc) is 3.17. The molecular weight excluding hydrogens is 316 g/mol. The summed E-state index contributed by atoms with van der Waals surface area (Å²) in [5.74, 6) is 0.848. The van der Waals surface area contributed by atoms with Crippen molar-refractivity contribution in [1.29, 1.82) is 0 Å². The van der Waals surface area contributed by atoms with Gasteiger partial charge in [0, 0.05) is 18.2 Å². The molecule has 1 aliphatic carbocycles. The van der Waals surface area contributed by atoms with Gasteiger partial charge < -0.3 is 19.3 Å². The highest BCUT2D eigenvalue weighted by molar-refractivity contribution is 5.33. The minimum Gasteiger partial charge on any atom is -0.380 e. The summed E-state index contributed by atoms with van der Waals surface area (Å²) >= 11 is 0. The number of hydrogen-bond donors (Lipinski definition) is 1. The van der Waals surface area contributed by atoms with Gasteiger partial charge in [-0.3, -0.25) is 0 Å². The van der Waals surface area contributed by atoms with E-state index in [1.165, 1.54) is 11.1 Å². The van der Waals surface area contributed by atoms with Gasteiger partial charge in [0.1, 0.15) is 5.76 Å². The molecule has 0 saturated carbocycles. The van der Waals surface area contributed by atoms with Crippen molar-refractivity contribution in [2.75, 3.05) is 13.2 Å². The molecule has 5 nitrogen and oxygen atoms in total. The van der Waals surface area contributed by atoms with E-state index in [0.717, 1.165) is 42.9 Å². The van der Waals surface area contributed by atoms with Crippen LogP contribution < -0.4 is 5.32 Å². The summed E-state index contributed by atoms with van der Waals surface area (Å²) in [7, 11) is 0. The molecule has 1 N–H and O–H groups in total. The molecule has 4 rings (SSSR count). The van der Waals surface area contributed by atoms with Gasteiger partial charge in [-0.1, -0.05) is 29.4 Å². The molecule has 134 valence electrons. The fraction of sp³-hybridized carbons (Fsp3) is 0.550. The SMILES string of the molecule is Cc1noc(C)c1CO[C@@H]1CCOC[C@@H]1NC1Cc2ccccc2C1. The fourth-order valence-electron chi connectivity index (χ4n) is 3.95. The topological polar surface area (TPSA) is 56.5 Å². The Morgan fingerprint density at radius 2 is 1.96 bits per heavy atom. The standard InChI is InChI=1S/C20H26N2O3/c1-13-18(14(2)25-22-13)11-24-20-7-8-23-12-19(20)21-17-9-15-5-3-4-6-16(15)10-17/h3-6,17,19-21H,7-12H2,1-2H3/t19-,20+/m0/s1. The molecule has 1 saturated heterocycles. The summed E-state index contributed by atoms with van der Waals surface area (Å²) in [5.41, 5.74) is 4.91. The molecule has 2 aliphatic rings. The maximum atomic E-state index is 6.25. The first-order valence-electron chi connectivity index (χ1n) is 9.14. The first-order chi connectivity index (χ1) is 12.2. The molecule has 0 radical (unpaired) electrons. The lowest BCUT2D eigenvalue weighted by atomic mass is 10.0. The summed E-state index contributed by atoms with van der Waals surface area (Å²) in [5, 5.41) is 7.79. The highest BCUT2D eigenvalue weighted by Gasteiger charge is 2.31. The molecule has 0 unspecified atom stereocenters. The Kier molecular flexibility index (Phi) is 4.88. The van der Waals surface area contributed by atoms with E-state index in [4.69, 9.17) is 14.0 Å². The lowest BCUT2D eigenvalue weighted by molar-refractivity contribution is -0.0653. The molecule has 1 aromatic carbocycles. The number of rotatable bonds is 5. The van der Waals surface area contributed by atoms with Gasteiger partial charge >= 0.3 is 0 Å². The van der Waals surface area contributed by atoms with E-state index in [0.29, 0.717) is 19.3 Å². The largest absolute Gasteiger partial charge is 0.380 e. The Balaban J connectivity index is 1.37. The molecule has 0 amide bonds. The predicted octanol–water partition coefficient (Wildman–Crippen LogP) is 2.72. The number of aryl methyl sites for hydroxylation is 2. The van der Waals surface area contributed by atoms with Crippen LogP contribution in [0.5, 0.6) is 0 Å². The molecule has 0 spiro atoms. The Hall–Kier alpha value is -1.69.